The first-order valence-electron chi connectivity index (χ1n) is 5.82. The number of nitrogens with one attached hydrogen (secondary N) is 1. The molecule has 1 atom stereocenters. The maximum atomic E-state index is 10.9. The minimum absolute atomic E-state index is 0.0934. The lowest BCUT2D eigenvalue weighted by atomic mass is 10.1. The Balaban J connectivity index is 2.06. The topological polar surface area (TPSA) is 81.2 Å². The molecule has 5 heteroatoms. The van der Waals surface area contributed by atoms with Gasteiger partial charge in [0.05, 0.1) is 4.92 Å². The molecular weight excluding hydrogens is 218 g/mol. The van der Waals surface area contributed by atoms with Gasteiger partial charge in [0, 0.05) is 18.7 Å². The molecule has 1 unspecified atom stereocenters. The standard InChI is InChI=1S/C12H17N3O2/c1-8-2-5-11(12(6-8)15(16)17)14-7-10(13)9-3-4-9/h2,5-6,9-10,14H,3-4,7,13H2,1H3. The third-order valence-corrected chi connectivity index (χ3v) is 3.11. The van der Waals surface area contributed by atoms with Crippen molar-refractivity contribution in [1.82, 2.24) is 0 Å². The summed E-state index contributed by atoms with van der Waals surface area (Å²) < 4.78 is 0. The van der Waals surface area contributed by atoms with Crippen LogP contribution < -0.4 is 11.1 Å². The highest BCUT2D eigenvalue weighted by Crippen LogP contribution is 2.32. The lowest BCUT2D eigenvalue weighted by molar-refractivity contribution is -0.384. The van der Waals surface area contributed by atoms with E-state index in [0.29, 0.717) is 18.2 Å². The minimum atomic E-state index is -0.363. The van der Waals surface area contributed by atoms with Gasteiger partial charge in [0.15, 0.2) is 0 Å². The molecule has 1 saturated carbocycles. The lowest BCUT2D eigenvalue weighted by Crippen LogP contribution is -2.31. The first-order chi connectivity index (χ1) is 8.08. The van der Waals surface area contributed by atoms with E-state index in [1.54, 1.807) is 12.1 Å². The van der Waals surface area contributed by atoms with Gasteiger partial charge in [-0.1, -0.05) is 6.07 Å². The molecule has 1 aliphatic rings. The summed E-state index contributed by atoms with van der Waals surface area (Å²) in [4.78, 5) is 10.5. The number of nitro benzene ring substituents is 1. The Hall–Kier alpha value is -1.62. The molecule has 0 spiro atoms. The minimum Gasteiger partial charge on any atom is -0.378 e. The molecule has 1 aliphatic carbocycles. The summed E-state index contributed by atoms with van der Waals surface area (Å²) in [7, 11) is 0. The van der Waals surface area contributed by atoms with E-state index in [-0.39, 0.29) is 16.7 Å². The number of hydrogen-bond acceptors (Lipinski definition) is 4. The fraction of sp³-hybridized carbons (Fsp3) is 0.500. The SMILES string of the molecule is Cc1ccc(NCC(N)C2CC2)c([N+](=O)[O-])c1. The Bertz CT molecular complexity index is 430. The molecule has 0 radical (unpaired) electrons. The molecule has 2 rings (SSSR count). The molecule has 1 fully saturated rings. The number of benzene rings is 1. The zero-order valence-corrected chi connectivity index (χ0v) is 9.85. The van der Waals surface area contributed by atoms with Gasteiger partial charge >= 0.3 is 0 Å². The molecule has 0 aliphatic heterocycles. The molecule has 0 aromatic heterocycles. The van der Waals surface area contributed by atoms with Crippen LogP contribution in [0.2, 0.25) is 0 Å². The van der Waals surface area contributed by atoms with Crippen LogP contribution in [0.25, 0.3) is 0 Å². The quantitative estimate of drug-likeness (QED) is 0.604. The van der Waals surface area contributed by atoms with E-state index in [4.69, 9.17) is 5.73 Å². The maximum Gasteiger partial charge on any atom is 0.292 e. The Labute approximate surface area is 100 Å². The summed E-state index contributed by atoms with van der Waals surface area (Å²) in [6, 6.07) is 5.27. The molecule has 1 aromatic carbocycles. The number of nitro groups is 1. The highest BCUT2D eigenvalue weighted by Gasteiger charge is 2.28. The maximum absolute atomic E-state index is 10.9. The van der Waals surface area contributed by atoms with E-state index in [9.17, 15) is 10.1 Å². The fourth-order valence-corrected chi connectivity index (χ4v) is 1.86. The number of rotatable bonds is 5. The van der Waals surface area contributed by atoms with Gasteiger partial charge in [-0.25, -0.2) is 0 Å². The predicted octanol–water partition coefficient (Wildman–Crippen LogP) is 2.05. The van der Waals surface area contributed by atoms with Crippen LogP contribution in [0.5, 0.6) is 0 Å². The molecule has 0 amide bonds. The van der Waals surface area contributed by atoms with Crippen LogP contribution in [0.4, 0.5) is 11.4 Å². The molecule has 3 N–H and O–H groups in total. The van der Waals surface area contributed by atoms with Gasteiger partial charge in [-0.05, 0) is 37.3 Å². The van der Waals surface area contributed by atoms with Crippen LogP contribution >= 0.6 is 0 Å². The van der Waals surface area contributed by atoms with E-state index < -0.39 is 0 Å². The highest BCUT2D eigenvalue weighted by molar-refractivity contribution is 5.62. The molecule has 5 nitrogen and oxygen atoms in total. The average Bonchev–Trinajstić information content (AvgIpc) is 3.10. The van der Waals surface area contributed by atoms with Crippen molar-refractivity contribution in [2.24, 2.45) is 11.7 Å². The van der Waals surface area contributed by atoms with Crippen molar-refractivity contribution >= 4 is 11.4 Å². The smallest absolute Gasteiger partial charge is 0.292 e. The monoisotopic (exact) mass is 235 g/mol. The van der Waals surface area contributed by atoms with Crippen molar-refractivity contribution in [2.75, 3.05) is 11.9 Å². The number of nitrogens with two attached hydrogens (primary N) is 1. The zero-order valence-electron chi connectivity index (χ0n) is 9.85. The average molecular weight is 235 g/mol. The second-order valence-corrected chi connectivity index (χ2v) is 4.66. The van der Waals surface area contributed by atoms with Crippen LogP contribution in [0, 0.1) is 23.0 Å². The molecule has 92 valence electrons. The first-order valence-corrected chi connectivity index (χ1v) is 5.82. The Kier molecular flexibility index (Phi) is 3.28. The van der Waals surface area contributed by atoms with Crippen molar-refractivity contribution in [3.8, 4) is 0 Å². The van der Waals surface area contributed by atoms with Gasteiger partial charge in [-0.3, -0.25) is 10.1 Å². The molecule has 0 saturated heterocycles. The van der Waals surface area contributed by atoms with E-state index in [0.717, 1.165) is 5.56 Å². The lowest BCUT2D eigenvalue weighted by Gasteiger charge is -2.13. The van der Waals surface area contributed by atoms with Gasteiger partial charge in [0.1, 0.15) is 5.69 Å². The highest BCUT2D eigenvalue weighted by atomic mass is 16.6. The Morgan fingerprint density at radius 3 is 2.88 bits per heavy atom. The molecular formula is C12H17N3O2. The van der Waals surface area contributed by atoms with E-state index in [2.05, 4.69) is 5.32 Å². The number of aryl methyl sites for hydroxylation is 1. The zero-order chi connectivity index (χ0) is 12.4. The number of hydrogen-bond donors (Lipinski definition) is 2. The van der Waals surface area contributed by atoms with Crippen molar-refractivity contribution in [2.45, 2.75) is 25.8 Å². The van der Waals surface area contributed by atoms with Gasteiger partial charge in [0.2, 0.25) is 0 Å². The van der Waals surface area contributed by atoms with Crippen molar-refractivity contribution in [3.63, 3.8) is 0 Å². The summed E-state index contributed by atoms with van der Waals surface area (Å²) in [6.45, 7) is 2.43. The summed E-state index contributed by atoms with van der Waals surface area (Å²) in [5.41, 5.74) is 7.50. The summed E-state index contributed by atoms with van der Waals surface area (Å²) >= 11 is 0. The molecule has 1 aromatic rings. The summed E-state index contributed by atoms with van der Waals surface area (Å²) in [6.07, 6.45) is 2.36. The third-order valence-electron chi connectivity index (χ3n) is 3.11. The Morgan fingerprint density at radius 2 is 2.29 bits per heavy atom. The normalized spacial score (nSPS) is 16.6. The van der Waals surface area contributed by atoms with Crippen molar-refractivity contribution in [1.29, 1.82) is 0 Å². The second-order valence-electron chi connectivity index (χ2n) is 4.66. The summed E-state index contributed by atoms with van der Waals surface area (Å²) in [5.74, 6) is 0.590. The van der Waals surface area contributed by atoms with Gasteiger partial charge in [-0.15, -0.1) is 0 Å². The first kappa shape index (κ1) is 11.9. The van der Waals surface area contributed by atoms with Crippen LogP contribution in [0.1, 0.15) is 18.4 Å². The van der Waals surface area contributed by atoms with Crippen LogP contribution in [0.15, 0.2) is 18.2 Å². The van der Waals surface area contributed by atoms with Crippen LogP contribution in [-0.2, 0) is 0 Å². The van der Waals surface area contributed by atoms with Gasteiger partial charge < -0.3 is 11.1 Å². The van der Waals surface area contributed by atoms with E-state index in [1.165, 1.54) is 12.8 Å². The number of anilines is 1. The molecule has 17 heavy (non-hydrogen) atoms. The van der Waals surface area contributed by atoms with E-state index >= 15 is 0 Å². The van der Waals surface area contributed by atoms with Gasteiger partial charge in [-0.2, -0.15) is 0 Å². The largest absolute Gasteiger partial charge is 0.378 e. The van der Waals surface area contributed by atoms with Gasteiger partial charge in [0.25, 0.3) is 5.69 Å². The van der Waals surface area contributed by atoms with Crippen molar-refractivity contribution < 1.29 is 4.92 Å². The second kappa shape index (κ2) is 4.71. The third kappa shape index (κ3) is 2.94. The van der Waals surface area contributed by atoms with Crippen molar-refractivity contribution in [3.05, 3.63) is 33.9 Å². The molecule has 0 bridgehead atoms. The van der Waals surface area contributed by atoms with Crippen LogP contribution in [0.3, 0.4) is 0 Å². The fourth-order valence-electron chi connectivity index (χ4n) is 1.86. The van der Waals surface area contributed by atoms with Crippen LogP contribution in [-0.4, -0.2) is 17.5 Å². The summed E-state index contributed by atoms with van der Waals surface area (Å²) in [5, 5.41) is 14.0. The molecule has 0 heterocycles. The Morgan fingerprint density at radius 1 is 1.59 bits per heavy atom. The van der Waals surface area contributed by atoms with E-state index in [1.807, 2.05) is 13.0 Å². The number of nitrogens with zero attached hydrogens (tertiary/aromatic N) is 1. The predicted molar refractivity (Wildman–Crippen MR) is 67.0 cm³/mol.